The molecular weight excluding hydrogens is 419 g/mol. The molecule has 0 radical (unpaired) electrons. The Morgan fingerprint density at radius 2 is 2.06 bits per heavy atom. The number of anilines is 2. The summed E-state index contributed by atoms with van der Waals surface area (Å²) < 4.78 is 36.9. The van der Waals surface area contributed by atoms with Crippen LogP contribution >= 0.6 is 0 Å². The van der Waals surface area contributed by atoms with Crippen LogP contribution < -0.4 is 16.0 Å². The highest BCUT2D eigenvalue weighted by Crippen LogP contribution is 2.17. The molecule has 1 rings (SSSR count). The average Bonchev–Trinajstić information content (AvgIpc) is 2.76. The van der Waals surface area contributed by atoms with Gasteiger partial charge in [0.1, 0.15) is 24.2 Å². The number of rotatable bonds is 14. The molecule has 0 amide bonds. The molecule has 0 fully saturated rings. The second-order valence-electron chi connectivity index (χ2n) is 6.54. The molecule has 3 N–H and O–H groups in total. The Morgan fingerprint density at radius 1 is 1.28 bits per heavy atom. The van der Waals surface area contributed by atoms with Gasteiger partial charge in [0.05, 0.1) is 0 Å². The van der Waals surface area contributed by atoms with Crippen LogP contribution in [0.5, 0.6) is 0 Å². The van der Waals surface area contributed by atoms with Gasteiger partial charge in [0, 0.05) is 50.2 Å². The highest BCUT2D eigenvalue weighted by atomic mass is 19.4. The third-order valence-electron chi connectivity index (χ3n) is 3.95. The zero-order valence-electron chi connectivity index (χ0n) is 18.2. The molecule has 0 saturated heterocycles. The minimum atomic E-state index is -4.46. The van der Waals surface area contributed by atoms with Gasteiger partial charge in [0.15, 0.2) is 0 Å². The molecule has 0 saturated carbocycles. The van der Waals surface area contributed by atoms with E-state index in [0.29, 0.717) is 49.8 Å². The van der Waals surface area contributed by atoms with E-state index < -0.39 is 6.18 Å². The van der Waals surface area contributed by atoms with E-state index in [1.807, 2.05) is 17.9 Å². The van der Waals surface area contributed by atoms with E-state index in [1.165, 1.54) is 12.4 Å². The monoisotopic (exact) mass is 449 g/mol. The number of nitrogens with one attached hydrogen (secondary N) is 1. The lowest BCUT2D eigenvalue weighted by Crippen LogP contribution is -2.27. The van der Waals surface area contributed by atoms with Gasteiger partial charge < -0.3 is 16.0 Å². The molecule has 0 aliphatic rings. The smallest absolute Gasteiger partial charge is 0.366 e. The van der Waals surface area contributed by atoms with Crippen LogP contribution in [0.2, 0.25) is 0 Å². The van der Waals surface area contributed by atoms with Gasteiger partial charge in [-0.25, -0.2) is 9.97 Å². The van der Waals surface area contributed by atoms with Crippen LogP contribution in [0.3, 0.4) is 0 Å². The second kappa shape index (κ2) is 14.7. The number of hydrogen-bond donors (Lipinski definition) is 2. The fraction of sp³-hybridized carbons (Fsp3) is 0.364. The van der Waals surface area contributed by atoms with E-state index in [9.17, 15) is 13.2 Å². The number of alkyl halides is 3. The summed E-state index contributed by atoms with van der Waals surface area (Å²) in [5, 5.41) is 3.16. The summed E-state index contributed by atoms with van der Waals surface area (Å²) in [5.41, 5.74) is 6.85. The lowest BCUT2D eigenvalue weighted by molar-refractivity contribution is -0.0535. The minimum Gasteiger partial charge on any atom is -0.366 e. The number of allylic oxidation sites excluding steroid dienone is 1. The Balaban J connectivity index is 2.85. The van der Waals surface area contributed by atoms with Gasteiger partial charge in [-0.2, -0.15) is 13.2 Å². The minimum absolute atomic E-state index is 0.0566. The Bertz CT molecular complexity index is 842. The summed E-state index contributed by atoms with van der Waals surface area (Å²) in [5.74, 6) is 1.24. The Kier molecular flexibility index (Phi) is 12.3. The predicted octanol–water partition coefficient (Wildman–Crippen LogP) is 4.30. The largest absolute Gasteiger partial charge is 0.426 e. The molecule has 0 aliphatic heterocycles. The van der Waals surface area contributed by atoms with Crippen molar-refractivity contribution in [2.24, 2.45) is 15.7 Å². The zero-order chi connectivity index (χ0) is 23.8. The van der Waals surface area contributed by atoms with Gasteiger partial charge in [0.2, 0.25) is 0 Å². The summed E-state index contributed by atoms with van der Waals surface area (Å²) in [4.78, 5) is 18.0. The van der Waals surface area contributed by atoms with Gasteiger partial charge in [-0.15, -0.1) is 0 Å². The summed E-state index contributed by atoms with van der Waals surface area (Å²) in [7, 11) is 0. The van der Waals surface area contributed by atoms with Crippen molar-refractivity contribution in [2.75, 3.05) is 36.4 Å². The number of halogens is 3. The third-order valence-corrected chi connectivity index (χ3v) is 3.95. The highest BCUT2D eigenvalue weighted by molar-refractivity contribution is 5.94. The van der Waals surface area contributed by atoms with Crippen molar-refractivity contribution in [2.45, 2.75) is 25.9 Å². The lowest BCUT2D eigenvalue weighted by atomic mass is 10.2. The van der Waals surface area contributed by atoms with Crippen LogP contribution in [0.25, 0.3) is 0 Å². The number of nitrogens with two attached hydrogens (primary N) is 1. The van der Waals surface area contributed by atoms with Crippen LogP contribution in [0.15, 0.2) is 71.7 Å². The van der Waals surface area contributed by atoms with E-state index in [2.05, 4.69) is 38.4 Å². The normalized spacial score (nSPS) is 13.0. The van der Waals surface area contributed by atoms with Crippen LogP contribution in [-0.2, 0) is 0 Å². The van der Waals surface area contributed by atoms with E-state index >= 15 is 0 Å². The number of aromatic nitrogens is 2. The first-order chi connectivity index (χ1) is 15.3. The first-order valence-electron chi connectivity index (χ1n) is 10.1. The van der Waals surface area contributed by atoms with Crippen molar-refractivity contribution in [3.63, 3.8) is 0 Å². The first-order valence-corrected chi connectivity index (χ1v) is 10.1. The van der Waals surface area contributed by atoms with Crippen molar-refractivity contribution in [3.05, 3.63) is 61.8 Å². The number of aliphatic imine (C=N–C) groups is 2. The molecule has 0 bridgehead atoms. The standard InChI is InChI=1S/C22H30F3N7/c1-4-12-32(15-18(5-2)14-27-16-22(23,24)25)21-13-20(30-17-31-21)29-11-7-10-28-19(6-3)8-9-26/h5-7,10,13-14,16-17H,2-4,8-9,11-12,15,26H2,1H3,(H,29,30,31)/b10-7+,18-14+,27-16?,28-19?. The van der Waals surface area contributed by atoms with Crippen LogP contribution in [0.4, 0.5) is 24.8 Å². The SMILES string of the molecule is C=CC(CCN)=N/C=C/CNc1cc(N(CCC)C/C(C=C)=C/N=CC(F)(F)F)ncn1. The molecule has 7 nitrogen and oxygen atoms in total. The molecule has 1 heterocycles. The van der Waals surface area contributed by atoms with Crippen molar-refractivity contribution in [1.82, 2.24) is 9.97 Å². The summed E-state index contributed by atoms with van der Waals surface area (Å²) in [6.07, 6.45) is 6.19. The van der Waals surface area contributed by atoms with Crippen molar-refractivity contribution in [1.29, 1.82) is 0 Å². The maximum absolute atomic E-state index is 12.3. The number of nitrogens with zero attached hydrogens (tertiary/aromatic N) is 5. The molecule has 174 valence electrons. The van der Waals surface area contributed by atoms with Crippen LogP contribution in [-0.4, -0.2) is 54.2 Å². The number of hydrogen-bond acceptors (Lipinski definition) is 7. The van der Waals surface area contributed by atoms with E-state index in [0.717, 1.165) is 18.3 Å². The molecule has 1 aromatic rings. The summed E-state index contributed by atoms with van der Waals surface area (Å²) in [6.45, 7) is 11.3. The Morgan fingerprint density at radius 3 is 2.69 bits per heavy atom. The summed E-state index contributed by atoms with van der Waals surface area (Å²) in [6, 6.07) is 1.77. The molecule has 0 aliphatic carbocycles. The second-order valence-corrected chi connectivity index (χ2v) is 6.54. The molecule has 32 heavy (non-hydrogen) atoms. The van der Waals surface area contributed by atoms with Gasteiger partial charge in [0.25, 0.3) is 0 Å². The quantitative estimate of drug-likeness (QED) is 0.326. The molecule has 0 unspecified atom stereocenters. The topological polar surface area (TPSA) is 91.8 Å². The van der Waals surface area contributed by atoms with E-state index in [1.54, 1.807) is 18.3 Å². The Hall–Kier alpha value is -3.27. The fourth-order valence-corrected chi connectivity index (χ4v) is 2.49. The van der Waals surface area contributed by atoms with Crippen molar-refractivity contribution >= 4 is 23.6 Å². The molecule has 0 aromatic carbocycles. The van der Waals surface area contributed by atoms with Gasteiger partial charge in [-0.05, 0) is 30.7 Å². The first kappa shape index (κ1) is 26.8. The zero-order valence-corrected chi connectivity index (χ0v) is 18.2. The van der Waals surface area contributed by atoms with Crippen LogP contribution in [0.1, 0.15) is 19.8 Å². The molecular formula is C22H30F3N7. The molecule has 10 heteroatoms. The fourth-order valence-electron chi connectivity index (χ4n) is 2.49. The van der Waals surface area contributed by atoms with E-state index in [4.69, 9.17) is 5.73 Å². The predicted molar refractivity (Wildman–Crippen MR) is 126 cm³/mol. The van der Waals surface area contributed by atoms with Gasteiger partial charge in [-0.1, -0.05) is 26.2 Å². The Labute approximate surface area is 187 Å². The molecule has 0 spiro atoms. The maximum atomic E-state index is 12.3. The van der Waals surface area contributed by atoms with Gasteiger partial charge >= 0.3 is 6.18 Å². The average molecular weight is 450 g/mol. The molecule has 1 aromatic heterocycles. The van der Waals surface area contributed by atoms with Gasteiger partial charge in [-0.3, -0.25) is 9.98 Å². The molecule has 0 atom stereocenters. The summed E-state index contributed by atoms with van der Waals surface area (Å²) >= 11 is 0. The third kappa shape index (κ3) is 11.2. The lowest BCUT2D eigenvalue weighted by Gasteiger charge is -2.23. The van der Waals surface area contributed by atoms with Crippen molar-refractivity contribution < 1.29 is 13.2 Å². The highest BCUT2D eigenvalue weighted by Gasteiger charge is 2.23. The van der Waals surface area contributed by atoms with Crippen molar-refractivity contribution in [3.8, 4) is 0 Å². The van der Waals surface area contributed by atoms with E-state index in [-0.39, 0.29) is 6.21 Å². The maximum Gasteiger partial charge on any atom is 0.426 e. The van der Waals surface area contributed by atoms with Crippen LogP contribution in [0, 0.1) is 0 Å².